The van der Waals surface area contributed by atoms with Gasteiger partial charge in [0.05, 0.1) is 10.6 Å². The Morgan fingerprint density at radius 3 is 2.09 bits per heavy atom. The van der Waals surface area contributed by atoms with Gasteiger partial charge in [-0.1, -0.05) is 47.5 Å². The third kappa shape index (κ3) is 6.33. The van der Waals surface area contributed by atoms with Gasteiger partial charge in [-0.3, -0.25) is 9.10 Å². The summed E-state index contributed by atoms with van der Waals surface area (Å²) in [5.41, 5.74) is 0.750. The monoisotopic (exact) mass is 526 g/mol. The molecule has 0 atom stereocenters. The molecular formula is C26H20Cl2N2O4S. The highest BCUT2D eigenvalue weighted by Gasteiger charge is 2.27. The number of halogens is 2. The van der Waals surface area contributed by atoms with Gasteiger partial charge < -0.3 is 10.1 Å². The first-order chi connectivity index (χ1) is 16.8. The van der Waals surface area contributed by atoms with E-state index < -0.39 is 22.5 Å². The van der Waals surface area contributed by atoms with Gasteiger partial charge in [0, 0.05) is 15.7 Å². The van der Waals surface area contributed by atoms with Gasteiger partial charge >= 0.3 is 0 Å². The summed E-state index contributed by atoms with van der Waals surface area (Å²) in [4.78, 5) is 12.9. The number of carbonyl (C=O) groups excluding carboxylic acids is 1. The Labute approximate surface area is 213 Å². The van der Waals surface area contributed by atoms with Gasteiger partial charge in [0.25, 0.3) is 10.0 Å². The van der Waals surface area contributed by atoms with Crippen LogP contribution in [0.3, 0.4) is 0 Å². The third-order valence-corrected chi connectivity index (χ3v) is 7.18. The molecule has 0 saturated heterocycles. The lowest BCUT2D eigenvalue weighted by molar-refractivity contribution is -0.114. The molecule has 6 nitrogen and oxygen atoms in total. The lowest BCUT2D eigenvalue weighted by Gasteiger charge is -2.24. The Morgan fingerprint density at radius 2 is 1.43 bits per heavy atom. The topological polar surface area (TPSA) is 75.7 Å². The van der Waals surface area contributed by atoms with E-state index in [0.717, 1.165) is 4.31 Å². The molecule has 0 aliphatic heterocycles. The molecule has 9 heteroatoms. The van der Waals surface area contributed by atoms with Crippen LogP contribution in [0.4, 0.5) is 11.4 Å². The maximum atomic E-state index is 13.4. The zero-order valence-electron chi connectivity index (χ0n) is 18.3. The number of anilines is 2. The van der Waals surface area contributed by atoms with Crippen LogP contribution >= 0.6 is 23.2 Å². The maximum Gasteiger partial charge on any atom is 0.264 e. The molecule has 4 aromatic rings. The number of hydrogen-bond donors (Lipinski definition) is 1. The second-order valence-corrected chi connectivity index (χ2v) is 10.2. The lowest BCUT2D eigenvalue weighted by Crippen LogP contribution is -2.38. The predicted molar refractivity (Wildman–Crippen MR) is 139 cm³/mol. The molecule has 1 amide bonds. The molecule has 0 fully saturated rings. The molecule has 0 spiro atoms. The highest BCUT2D eigenvalue weighted by atomic mass is 35.5. The molecule has 0 aliphatic carbocycles. The predicted octanol–water partition coefficient (Wildman–Crippen LogP) is 6.62. The Morgan fingerprint density at radius 1 is 0.771 bits per heavy atom. The number of amides is 1. The number of hydrogen-bond acceptors (Lipinski definition) is 4. The van der Waals surface area contributed by atoms with Crippen LogP contribution in [0.15, 0.2) is 108 Å². The van der Waals surface area contributed by atoms with Crippen molar-refractivity contribution in [2.45, 2.75) is 4.90 Å². The van der Waals surface area contributed by atoms with Crippen molar-refractivity contribution >= 4 is 50.5 Å². The molecule has 0 bridgehead atoms. The van der Waals surface area contributed by atoms with Gasteiger partial charge in [-0.25, -0.2) is 8.42 Å². The van der Waals surface area contributed by atoms with Crippen molar-refractivity contribution in [3.05, 3.63) is 113 Å². The van der Waals surface area contributed by atoms with E-state index in [9.17, 15) is 13.2 Å². The first kappa shape index (κ1) is 24.6. The number of para-hydroxylation sites is 1. The summed E-state index contributed by atoms with van der Waals surface area (Å²) in [5.74, 6) is 0.758. The number of nitrogens with one attached hydrogen (secondary N) is 1. The minimum Gasteiger partial charge on any atom is -0.457 e. The number of ether oxygens (including phenoxy) is 1. The van der Waals surface area contributed by atoms with Crippen molar-refractivity contribution in [3.8, 4) is 11.5 Å². The maximum absolute atomic E-state index is 13.4. The molecule has 0 unspecified atom stereocenters. The second-order valence-electron chi connectivity index (χ2n) is 7.43. The minimum atomic E-state index is -4.08. The molecule has 0 aromatic heterocycles. The highest BCUT2D eigenvalue weighted by Crippen LogP contribution is 2.27. The quantitative estimate of drug-likeness (QED) is 0.280. The lowest BCUT2D eigenvalue weighted by atomic mass is 10.3. The van der Waals surface area contributed by atoms with E-state index in [-0.39, 0.29) is 10.6 Å². The van der Waals surface area contributed by atoms with Crippen molar-refractivity contribution < 1.29 is 17.9 Å². The van der Waals surface area contributed by atoms with E-state index in [1.807, 2.05) is 30.3 Å². The molecule has 0 heterocycles. The van der Waals surface area contributed by atoms with Crippen molar-refractivity contribution in [3.63, 3.8) is 0 Å². The molecule has 0 radical (unpaired) electrons. The second kappa shape index (κ2) is 10.8. The zero-order chi connectivity index (χ0) is 24.8. The number of benzene rings is 4. The molecule has 178 valence electrons. The first-order valence-electron chi connectivity index (χ1n) is 10.5. The third-order valence-electron chi connectivity index (χ3n) is 4.90. The van der Waals surface area contributed by atoms with Crippen LogP contribution in [-0.4, -0.2) is 20.9 Å². The summed E-state index contributed by atoms with van der Waals surface area (Å²) in [6, 6.07) is 28.1. The number of nitrogens with zero attached hydrogens (tertiary/aromatic N) is 1. The van der Waals surface area contributed by atoms with E-state index in [0.29, 0.717) is 27.2 Å². The SMILES string of the molecule is O=C(CN(c1cccc(Cl)c1)S(=O)(=O)c1ccc(Cl)cc1)Nc1ccc(Oc2ccccc2)cc1. The Hall–Kier alpha value is -3.52. The fourth-order valence-corrected chi connectivity index (χ4v) is 4.97. The van der Waals surface area contributed by atoms with E-state index in [2.05, 4.69) is 5.32 Å². The Bertz CT molecular complexity index is 1410. The normalized spacial score (nSPS) is 11.0. The number of sulfonamides is 1. The molecule has 4 rings (SSSR count). The van der Waals surface area contributed by atoms with Crippen molar-refractivity contribution in [1.29, 1.82) is 0 Å². The molecule has 0 aliphatic rings. The number of rotatable bonds is 8. The largest absolute Gasteiger partial charge is 0.457 e. The van der Waals surface area contributed by atoms with Crippen LogP contribution in [0.5, 0.6) is 11.5 Å². The van der Waals surface area contributed by atoms with Gasteiger partial charge in [-0.15, -0.1) is 0 Å². The van der Waals surface area contributed by atoms with E-state index in [1.165, 1.54) is 30.3 Å². The summed E-state index contributed by atoms with van der Waals surface area (Å²) in [6.45, 7) is -0.465. The smallest absolute Gasteiger partial charge is 0.264 e. The minimum absolute atomic E-state index is 0.00270. The van der Waals surface area contributed by atoms with Crippen LogP contribution in [0, 0.1) is 0 Å². The Balaban J connectivity index is 1.53. The van der Waals surface area contributed by atoms with E-state index >= 15 is 0 Å². The van der Waals surface area contributed by atoms with Crippen LogP contribution in [0.1, 0.15) is 0 Å². The summed E-state index contributed by atoms with van der Waals surface area (Å²) < 4.78 is 33.6. The fourth-order valence-electron chi connectivity index (χ4n) is 3.24. The van der Waals surface area contributed by atoms with Crippen LogP contribution < -0.4 is 14.4 Å². The summed E-state index contributed by atoms with van der Waals surface area (Å²) in [7, 11) is -4.08. The van der Waals surface area contributed by atoms with Crippen LogP contribution in [-0.2, 0) is 14.8 Å². The molecule has 0 saturated carbocycles. The summed E-state index contributed by atoms with van der Waals surface area (Å²) >= 11 is 12.0. The van der Waals surface area contributed by atoms with Crippen LogP contribution in [0.2, 0.25) is 10.0 Å². The van der Waals surface area contributed by atoms with Gasteiger partial charge in [0.2, 0.25) is 5.91 Å². The van der Waals surface area contributed by atoms with Gasteiger partial charge in [0.15, 0.2) is 0 Å². The first-order valence-corrected chi connectivity index (χ1v) is 12.7. The van der Waals surface area contributed by atoms with Crippen molar-refractivity contribution in [1.82, 2.24) is 0 Å². The van der Waals surface area contributed by atoms with Crippen LogP contribution in [0.25, 0.3) is 0 Å². The average molecular weight is 527 g/mol. The summed E-state index contributed by atoms with van der Waals surface area (Å²) in [6.07, 6.45) is 0. The highest BCUT2D eigenvalue weighted by molar-refractivity contribution is 7.92. The Kier molecular flexibility index (Phi) is 7.60. The van der Waals surface area contributed by atoms with Gasteiger partial charge in [-0.2, -0.15) is 0 Å². The van der Waals surface area contributed by atoms with Crippen molar-refractivity contribution in [2.24, 2.45) is 0 Å². The molecular weight excluding hydrogens is 507 g/mol. The molecule has 1 N–H and O–H groups in total. The molecule has 35 heavy (non-hydrogen) atoms. The standard InChI is InChI=1S/C26H20Cl2N2O4S/c27-19-9-15-25(16-10-19)35(32,33)30(22-6-4-5-20(28)17-22)18-26(31)29-21-11-13-24(14-12-21)34-23-7-2-1-3-8-23/h1-17H,18H2,(H,29,31). The van der Waals surface area contributed by atoms with E-state index in [1.54, 1.807) is 42.5 Å². The van der Waals surface area contributed by atoms with Crippen molar-refractivity contribution in [2.75, 3.05) is 16.2 Å². The average Bonchev–Trinajstić information content (AvgIpc) is 2.84. The summed E-state index contributed by atoms with van der Waals surface area (Å²) in [5, 5.41) is 3.47. The van der Waals surface area contributed by atoms with E-state index in [4.69, 9.17) is 27.9 Å². The van der Waals surface area contributed by atoms with Gasteiger partial charge in [-0.05, 0) is 78.9 Å². The fraction of sp³-hybridized carbons (Fsp3) is 0.0385. The zero-order valence-corrected chi connectivity index (χ0v) is 20.6. The number of carbonyl (C=O) groups is 1. The van der Waals surface area contributed by atoms with Gasteiger partial charge in [0.1, 0.15) is 18.0 Å². The molecule has 4 aromatic carbocycles.